The van der Waals surface area contributed by atoms with E-state index in [0.29, 0.717) is 0 Å². The Morgan fingerprint density at radius 2 is 1.67 bits per heavy atom. The van der Waals surface area contributed by atoms with E-state index < -0.39 is 23.8 Å². The second kappa shape index (κ2) is 8.90. The van der Waals surface area contributed by atoms with Crippen molar-refractivity contribution in [2.24, 2.45) is 0 Å². The zero-order valence-corrected chi connectivity index (χ0v) is 14.4. The first-order chi connectivity index (χ1) is 11.2. The number of hydrogen-bond donors (Lipinski definition) is 0. The Morgan fingerprint density at radius 3 is 2.21 bits per heavy atom. The Labute approximate surface area is 141 Å². The fourth-order valence-electron chi connectivity index (χ4n) is 1.68. The van der Waals surface area contributed by atoms with E-state index in [4.69, 9.17) is 9.47 Å². The second-order valence-corrected chi connectivity index (χ2v) is 6.00. The van der Waals surface area contributed by atoms with Crippen molar-refractivity contribution in [2.75, 3.05) is 13.7 Å². The molecule has 1 aromatic rings. The van der Waals surface area contributed by atoms with Crippen molar-refractivity contribution in [1.29, 1.82) is 0 Å². The van der Waals surface area contributed by atoms with E-state index >= 15 is 0 Å². The van der Waals surface area contributed by atoms with Gasteiger partial charge < -0.3 is 14.2 Å². The summed E-state index contributed by atoms with van der Waals surface area (Å²) in [6.45, 7) is 4.86. The van der Waals surface area contributed by atoms with Crippen LogP contribution < -0.4 is 0 Å². The first-order valence-corrected chi connectivity index (χ1v) is 7.51. The summed E-state index contributed by atoms with van der Waals surface area (Å²) in [5, 5.41) is 0. The van der Waals surface area contributed by atoms with E-state index in [1.165, 1.54) is 7.11 Å². The topological polar surface area (TPSA) is 82.1 Å². The Bertz CT molecular complexity index is 564. The summed E-state index contributed by atoms with van der Waals surface area (Å²) in [5.74, 6) is -0.542. The second-order valence-electron chi connectivity index (χ2n) is 6.00. The molecule has 132 valence electrons. The van der Waals surface area contributed by atoms with E-state index in [9.17, 15) is 14.4 Å². The molecule has 24 heavy (non-hydrogen) atoms. The van der Waals surface area contributed by atoms with Crippen LogP contribution in [0.4, 0.5) is 9.59 Å². The number of methoxy groups -OCH3 is 1. The highest BCUT2D eigenvalue weighted by molar-refractivity contribution is 5.88. The van der Waals surface area contributed by atoms with Gasteiger partial charge in [0.15, 0.2) is 0 Å². The normalized spacial score (nSPS) is 10.7. The Hall–Kier alpha value is -2.57. The zero-order chi connectivity index (χ0) is 18.2. The molecule has 1 rings (SSSR count). The highest BCUT2D eigenvalue weighted by Crippen LogP contribution is 2.12. The summed E-state index contributed by atoms with van der Waals surface area (Å²) in [6, 6.07) is 9.05. The molecule has 0 saturated heterocycles. The maximum absolute atomic E-state index is 12.2. The van der Waals surface area contributed by atoms with Gasteiger partial charge in [0.1, 0.15) is 12.2 Å². The van der Waals surface area contributed by atoms with Crippen LogP contribution in [0.5, 0.6) is 0 Å². The molecule has 0 unspecified atom stereocenters. The summed E-state index contributed by atoms with van der Waals surface area (Å²) >= 11 is 0. The maximum Gasteiger partial charge on any atom is 0.419 e. The van der Waals surface area contributed by atoms with E-state index in [1.54, 1.807) is 32.9 Å². The molecule has 0 aromatic heterocycles. The van der Waals surface area contributed by atoms with Crippen molar-refractivity contribution >= 4 is 18.2 Å². The smallest absolute Gasteiger partial charge is 0.419 e. The van der Waals surface area contributed by atoms with Crippen LogP contribution in [0.1, 0.15) is 32.8 Å². The number of hydrogen-bond acceptors (Lipinski definition) is 6. The number of carbonyl (C=O) groups is 3. The average molecular weight is 337 g/mol. The number of nitrogens with zero attached hydrogens (tertiary/aromatic N) is 1. The van der Waals surface area contributed by atoms with Crippen LogP contribution in [-0.2, 0) is 25.6 Å². The molecule has 0 spiro atoms. The molecule has 0 radical (unpaired) electrons. The Kier molecular flexibility index (Phi) is 7.23. The minimum absolute atomic E-state index is 0.0111. The van der Waals surface area contributed by atoms with Crippen molar-refractivity contribution < 1.29 is 28.6 Å². The van der Waals surface area contributed by atoms with E-state index in [1.807, 2.05) is 18.2 Å². The minimum atomic E-state index is -0.878. The van der Waals surface area contributed by atoms with Crippen molar-refractivity contribution in [1.82, 2.24) is 4.90 Å². The summed E-state index contributed by atoms with van der Waals surface area (Å²) in [7, 11) is 1.23. The first-order valence-electron chi connectivity index (χ1n) is 7.51. The number of ether oxygens (including phenoxy) is 3. The van der Waals surface area contributed by atoms with Crippen molar-refractivity contribution in [3.05, 3.63) is 35.9 Å². The third kappa shape index (κ3) is 7.13. The first kappa shape index (κ1) is 19.5. The van der Waals surface area contributed by atoms with Gasteiger partial charge in [0, 0.05) is 6.54 Å². The van der Waals surface area contributed by atoms with Gasteiger partial charge in [-0.05, 0) is 26.3 Å². The zero-order valence-electron chi connectivity index (χ0n) is 14.4. The Morgan fingerprint density at radius 1 is 1.04 bits per heavy atom. The molecule has 2 amide bonds. The van der Waals surface area contributed by atoms with Crippen molar-refractivity contribution in [3.8, 4) is 0 Å². The summed E-state index contributed by atoms with van der Waals surface area (Å²) in [5.41, 5.74) is 0.00304. The fourth-order valence-corrected chi connectivity index (χ4v) is 1.68. The minimum Gasteiger partial charge on any atom is -0.469 e. The molecule has 0 N–H and O–H groups in total. The van der Waals surface area contributed by atoms with Gasteiger partial charge in [0.2, 0.25) is 0 Å². The third-order valence-corrected chi connectivity index (χ3v) is 2.81. The van der Waals surface area contributed by atoms with Crippen molar-refractivity contribution in [3.63, 3.8) is 0 Å². The lowest BCUT2D eigenvalue weighted by Crippen LogP contribution is -2.42. The largest absolute Gasteiger partial charge is 0.469 e. The SMILES string of the molecule is COC(=O)CCN(C(=O)OCc1ccccc1)C(=O)OC(C)(C)C. The molecule has 0 heterocycles. The average Bonchev–Trinajstić information content (AvgIpc) is 2.52. The lowest BCUT2D eigenvalue weighted by atomic mass is 10.2. The van der Waals surface area contributed by atoms with Crippen LogP contribution in [0.15, 0.2) is 30.3 Å². The molecule has 0 atom stereocenters. The van der Waals surface area contributed by atoms with Gasteiger partial charge in [-0.1, -0.05) is 30.3 Å². The highest BCUT2D eigenvalue weighted by atomic mass is 16.6. The van der Waals surface area contributed by atoms with Crippen molar-refractivity contribution in [2.45, 2.75) is 39.4 Å². The van der Waals surface area contributed by atoms with Gasteiger partial charge >= 0.3 is 18.2 Å². The quantitative estimate of drug-likeness (QED) is 0.606. The van der Waals surface area contributed by atoms with E-state index in [2.05, 4.69) is 4.74 Å². The molecule has 0 aliphatic carbocycles. The maximum atomic E-state index is 12.2. The van der Waals surface area contributed by atoms with Crippen LogP contribution in [0.25, 0.3) is 0 Å². The monoisotopic (exact) mass is 337 g/mol. The molecular weight excluding hydrogens is 314 g/mol. The fraction of sp³-hybridized carbons (Fsp3) is 0.471. The standard InChI is InChI=1S/C17H23NO6/c1-17(2,3)24-16(21)18(11-10-14(19)22-4)15(20)23-12-13-8-6-5-7-9-13/h5-9H,10-12H2,1-4H3. The molecule has 7 heteroatoms. The van der Waals surface area contributed by atoms with Gasteiger partial charge in [0.25, 0.3) is 0 Å². The summed E-state index contributed by atoms with van der Waals surface area (Å²) in [6.07, 6.45) is -1.89. The lowest BCUT2D eigenvalue weighted by Gasteiger charge is -2.25. The molecule has 7 nitrogen and oxygen atoms in total. The molecule has 0 fully saturated rings. The van der Waals surface area contributed by atoms with Gasteiger partial charge in [-0.25, -0.2) is 14.5 Å². The van der Waals surface area contributed by atoms with Crippen LogP contribution in [0.3, 0.4) is 0 Å². The van der Waals surface area contributed by atoms with Gasteiger partial charge in [-0.15, -0.1) is 0 Å². The van der Waals surface area contributed by atoms with Crippen LogP contribution in [0.2, 0.25) is 0 Å². The number of rotatable bonds is 5. The molecule has 0 bridgehead atoms. The summed E-state index contributed by atoms with van der Waals surface area (Å²) in [4.78, 5) is 36.4. The molecule has 0 aliphatic heterocycles. The van der Waals surface area contributed by atoms with Gasteiger partial charge in [0.05, 0.1) is 13.5 Å². The van der Waals surface area contributed by atoms with Crippen LogP contribution in [0, 0.1) is 0 Å². The number of amides is 2. The number of imide groups is 1. The molecular formula is C17H23NO6. The molecule has 1 aromatic carbocycles. The van der Waals surface area contributed by atoms with Crippen LogP contribution in [-0.4, -0.2) is 42.3 Å². The molecule has 0 saturated carbocycles. The highest BCUT2D eigenvalue weighted by Gasteiger charge is 2.29. The lowest BCUT2D eigenvalue weighted by molar-refractivity contribution is -0.140. The number of benzene rings is 1. The van der Waals surface area contributed by atoms with Crippen LogP contribution >= 0.6 is 0 Å². The summed E-state index contributed by atoms with van der Waals surface area (Å²) < 4.78 is 14.8. The van der Waals surface area contributed by atoms with Gasteiger partial charge in [-0.2, -0.15) is 0 Å². The molecule has 0 aliphatic rings. The Balaban J connectivity index is 2.72. The van der Waals surface area contributed by atoms with E-state index in [0.717, 1.165) is 10.5 Å². The predicted octanol–water partition coefficient (Wildman–Crippen LogP) is 3.12. The number of carbonyl (C=O) groups excluding carboxylic acids is 3. The third-order valence-electron chi connectivity index (χ3n) is 2.81. The van der Waals surface area contributed by atoms with Gasteiger partial charge in [-0.3, -0.25) is 4.79 Å². The number of esters is 1. The predicted molar refractivity (Wildman–Crippen MR) is 86.2 cm³/mol. The van der Waals surface area contributed by atoms with E-state index in [-0.39, 0.29) is 19.6 Å².